The van der Waals surface area contributed by atoms with E-state index in [-0.39, 0.29) is 12.1 Å². The van der Waals surface area contributed by atoms with Gasteiger partial charge in [-0.1, -0.05) is 22.0 Å². The Morgan fingerprint density at radius 1 is 1.78 bits per heavy atom. The molecular weight excluding hydrogens is 186 g/mol. The smallest absolute Gasteiger partial charge is 0.330 e. The van der Waals surface area contributed by atoms with Gasteiger partial charge in [0.1, 0.15) is 0 Å². The summed E-state index contributed by atoms with van der Waals surface area (Å²) in [5, 5.41) is 0.683. The molecule has 0 amide bonds. The molecule has 54 valence electrons. The Morgan fingerprint density at radius 3 is 2.67 bits per heavy atom. The van der Waals surface area contributed by atoms with E-state index in [1.54, 1.807) is 6.08 Å². The molecule has 3 N–H and O–H groups in total. The number of carbonyl (C=O) groups excluding carboxylic acids is 1. The molecule has 0 saturated carbocycles. The summed E-state index contributed by atoms with van der Waals surface area (Å²) in [6.45, 7) is 0. The Morgan fingerprint density at radius 2 is 2.33 bits per heavy atom. The maximum Gasteiger partial charge on any atom is 0.330 e. The summed E-state index contributed by atoms with van der Waals surface area (Å²) in [6, 6.07) is 0. The maximum absolute atomic E-state index is 10.2. The summed E-state index contributed by atoms with van der Waals surface area (Å²) in [7, 11) is 1.35. The van der Waals surface area contributed by atoms with Crippen LogP contribution in [0, 0.1) is 0 Å². The monoisotopic (exact) mass is 195 g/mol. The average Bonchev–Trinajstić information content (AvgIpc) is 1.83. The molecule has 0 radical (unpaired) electrons. The van der Waals surface area contributed by atoms with Crippen molar-refractivity contribution in [1.29, 1.82) is 0 Å². The van der Waals surface area contributed by atoms with Crippen molar-refractivity contribution >= 4 is 21.9 Å². The Hall–Kier alpha value is -0.350. The van der Waals surface area contributed by atoms with Crippen LogP contribution in [0.15, 0.2) is 12.2 Å². The molecule has 0 rings (SSSR count). The Balaban J connectivity index is 0. The minimum Gasteiger partial charge on any atom is -0.466 e. The van der Waals surface area contributed by atoms with Gasteiger partial charge in [0, 0.05) is 11.4 Å². The number of carbonyl (C=O) groups is 1. The van der Waals surface area contributed by atoms with Crippen molar-refractivity contribution in [2.45, 2.75) is 0 Å². The fourth-order valence-electron chi connectivity index (χ4n) is 0.209. The van der Waals surface area contributed by atoms with Crippen LogP contribution in [-0.4, -0.2) is 18.4 Å². The van der Waals surface area contributed by atoms with Gasteiger partial charge in [0.25, 0.3) is 0 Å². The van der Waals surface area contributed by atoms with Crippen molar-refractivity contribution in [1.82, 2.24) is 6.15 Å². The van der Waals surface area contributed by atoms with E-state index in [1.807, 2.05) is 0 Å². The first-order valence-corrected chi connectivity index (χ1v) is 3.24. The highest BCUT2D eigenvalue weighted by molar-refractivity contribution is 9.09. The molecule has 0 spiro atoms. The predicted molar refractivity (Wildman–Crippen MR) is 40.0 cm³/mol. The van der Waals surface area contributed by atoms with Crippen molar-refractivity contribution in [2.24, 2.45) is 0 Å². The van der Waals surface area contributed by atoms with E-state index >= 15 is 0 Å². The molecular formula is C5H10BrNO2. The second-order valence-electron chi connectivity index (χ2n) is 1.08. The van der Waals surface area contributed by atoms with Gasteiger partial charge in [-0.25, -0.2) is 4.79 Å². The van der Waals surface area contributed by atoms with Crippen molar-refractivity contribution < 1.29 is 9.53 Å². The number of hydrogen-bond acceptors (Lipinski definition) is 3. The zero-order chi connectivity index (χ0) is 6.41. The second kappa shape index (κ2) is 7.65. The van der Waals surface area contributed by atoms with Crippen molar-refractivity contribution in [3.8, 4) is 0 Å². The molecule has 0 saturated heterocycles. The maximum atomic E-state index is 10.2. The van der Waals surface area contributed by atoms with Gasteiger partial charge in [0.2, 0.25) is 0 Å². The molecule has 0 aromatic heterocycles. The van der Waals surface area contributed by atoms with Gasteiger partial charge in [-0.05, 0) is 0 Å². The highest BCUT2D eigenvalue weighted by Gasteiger charge is 1.86. The first-order chi connectivity index (χ1) is 3.81. The quantitative estimate of drug-likeness (QED) is 0.411. The van der Waals surface area contributed by atoms with Gasteiger partial charge in [0.15, 0.2) is 0 Å². The highest BCUT2D eigenvalue weighted by Crippen LogP contribution is 1.82. The lowest BCUT2D eigenvalue weighted by molar-refractivity contribution is -0.134. The molecule has 0 aliphatic heterocycles. The van der Waals surface area contributed by atoms with E-state index in [2.05, 4.69) is 20.7 Å². The number of rotatable bonds is 2. The number of hydrogen-bond donors (Lipinski definition) is 1. The highest BCUT2D eigenvalue weighted by atomic mass is 79.9. The van der Waals surface area contributed by atoms with E-state index in [4.69, 9.17) is 0 Å². The lowest BCUT2D eigenvalue weighted by Gasteiger charge is -1.85. The van der Waals surface area contributed by atoms with Gasteiger partial charge in [-0.15, -0.1) is 0 Å². The number of esters is 1. The van der Waals surface area contributed by atoms with Crippen molar-refractivity contribution in [2.75, 3.05) is 12.4 Å². The Labute approximate surface area is 62.8 Å². The number of halogens is 1. The average molecular weight is 196 g/mol. The zero-order valence-electron chi connectivity index (χ0n) is 5.26. The summed E-state index contributed by atoms with van der Waals surface area (Å²) in [5.41, 5.74) is 0. The number of alkyl halides is 1. The minimum atomic E-state index is -0.315. The SMILES string of the molecule is COC(=O)/C=C/CBr.N. The van der Waals surface area contributed by atoms with Crippen LogP contribution >= 0.6 is 15.9 Å². The summed E-state index contributed by atoms with van der Waals surface area (Å²) in [6.07, 6.45) is 3.04. The van der Waals surface area contributed by atoms with Crippen LogP contribution < -0.4 is 6.15 Å². The van der Waals surface area contributed by atoms with E-state index in [0.717, 1.165) is 0 Å². The first kappa shape index (κ1) is 11.4. The standard InChI is InChI=1S/C5H7BrO2.H3N/c1-8-5(7)3-2-4-6;/h2-3H,4H2,1H3;1H3/b3-2+;. The molecule has 0 atom stereocenters. The largest absolute Gasteiger partial charge is 0.466 e. The van der Waals surface area contributed by atoms with Gasteiger partial charge in [-0.2, -0.15) is 0 Å². The minimum absolute atomic E-state index is 0. The van der Waals surface area contributed by atoms with E-state index in [0.29, 0.717) is 5.33 Å². The zero-order valence-corrected chi connectivity index (χ0v) is 6.85. The van der Waals surface area contributed by atoms with Crippen LogP contribution in [0.2, 0.25) is 0 Å². The van der Waals surface area contributed by atoms with E-state index in [9.17, 15) is 4.79 Å². The molecule has 0 bridgehead atoms. The van der Waals surface area contributed by atoms with Crippen LogP contribution in [0.1, 0.15) is 0 Å². The summed E-state index contributed by atoms with van der Waals surface area (Å²) >= 11 is 3.11. The van der Waals surface area contributed by atoms with Gasteiger partial charge in [0.05, 0.1) is 7.11 Å². The lowest BCUT2D eigenvalue weighted by Crippen LogP contribution is -1.93. The molecule has 4 heteroatoms. The van der Waals surface area contributed by atoms with Crippen LogP contribution in [0.3, 0.4) is 0 Å². The molecule has 9 heavy (non-hydrogen) atoms. The van der Waals surface area contributed by atoms with Crippen LogP contribution in [0.4, 0.5) is 0 Å². The fraction of sp³-hybridized carbons (Fsp3) is 0.400. The van der Waals surface area contributed by atoms with Crippen molar-refractivity contribution in [3.05, 3.63) is 12.2 Å². The van der Waals surface area contributed by atoms with Gasteiger partial charge < -0.3 is 10.9 Å². The van der Waals surface area contributed by atoms with Crippen molar-refractivity contribution in [3.63, 3.8) is 0 Å². The van der Waals surface area contributed by atoms with Crippen LogP contribution in [0.25, 0.3) is 0 Å². The molecule has 3 nitrogen and oxygen atoms in total. The summed E-state index contributed by atoms with van der Waals surface area (Å²) in [4.78, 5) is 10.2. The predicted octanol–water partition coefficient (Wildman–Crippen LogP) is 1.27. The molecule has 0 aromatic rings. The van der Waals surface area contributed by atoms with Gasteiger partial charge >= 0.3 is 5.97 Å². The number of methoxy groups -OCH3 is 1. The molecule has 0 fully saturated rings. The Kier molecular flexibility index (Phi) is 9.73. The third-order valence-electron chi connectivity index (χ3n) is 0.544. The van der Waals surface area contributed by atoms with E-state index in [1.165, 1.54) is 13.2 Å². The molecule has 0 aromatic carbocycles. The number of allylic oxidation sites excluding steroid dienone is 1. The Bertz CT molecular complexity index is 103. The topological polar surface area (TPSA) is 61.3 Å². The summed E-state index contributed by atoms with van der Waals surface area (Å²) in [5.74, 6) is -0.315. The van der Waals surface area contributed by atoms with E-state index < -0.39 is 0 Å². The summed E-state index contributed by atoms with van der Waals surface area (Å²) < 4.78 is 4.31. The normalized spacial score (nSPS) is 8.67. The molecule has 0 aliphatic rings. The third kappa shape index (κ3) is 7.65. The lowest BCUT2D eigenvalue weighted by atomic mass is 10.5. The fourth-order valence-corrected chi connectivity index (χ4v) is 0.396. The van der Waals surface area contributed by atoms with Crippen LogP contribution in [-0.2, 0) is 9.53 Å². The molecule has 0 heterocycles. The second-order valence-corrected chi connectivity index (χ2v) is 1.73. The molecule has 0 aliphatic carbocycles. The number of ether oxygens (including phenoxy) is 1. The molecule has 0 unspecified atom stereocenters. The van der Waals surface area contributed by atoms with Gasteiger partial charge in [-0.3, -0.25) is 0 Å². The third-order valence-corrected chi connectivity index (χ3v) is 0.918. The first-order valence-electron chi connectivity index (χ1n) is 2.11. The van der Waals surface area contributed by atoms with Crippen LogP contribution in [0.5, 0.6) is 0 Å².